The normalized spacial score (nSPS) is 15.8. The predicted molar refractivity (Wildman–Crippen MR) is 77.5 cm³/mol. The number of aryl methyl sites for hydroxylation is 1. The maximum Gasteiger partial charge on any atom is 0.389 e. The zero-order valence-corrected chi connectivity index (χ0v) is 13.0. The van der Waals surface area contributed by atoms with E-state index in [9.17, 15) is 26.7 Å². The van der Waals surface area contributed by atoms with Gasteiger partial charge in [-0.3, -0.25) is 9.35 Å². The Hall–Kier alpha value is -1.45. The van der Waals surface area contributed by atoms with Gasteiger partial charge in [-0.1, -0.05) is 17.7 Å². The largest absolute Gasteiger partial charge is 0.389 e. The number of rotatable bonds is 6. The molecule has 1 amide bonds. The van der Waals surface area contributed by atoms with Gasteiger partial charge in [-0.05, 0) is 25.5 Å². The third-order valence-electron chi connectivity index (χ3n) is 3.06. The number of hydrogen-bond acceptors (Lipinski definition) is 2. The topological polar surface area (TPSA) is 92.4 Å². The van der Waals surface area contributed by atoms with Crippen molar-refractivity contribution in [3.8, 4) is 0 Å². The molecule has 5 nitrogen and oxygen atoms in total. The Balaban J connectivity index is 3.01. The molecule has 1 atom stereocenters. The summed E-state index contributed by atoms with van der Waals surface area (Å²) in [5.74, 6) is -1.12. The summed E-state index contributed by atoms with van der Waals surface area (Å²) in [6.45, 7) is 1.77. The summed E-state index contributed by atoms with van der Waals surface area (Å²) < 4.78 is 61.9. The molecule has 1 rings (SSSR count). The lowest BCUT2D eigenvalue weighted by Crippen LogP contribution is -2.55. The highest BCUT2D eigenvalue weighted by Crippen LogP contribution is 2.28. The number of nitrogens with two attached hydrogens (primary N) is 1. The second-order valence-corrected chi connectivity index (χ2v) is 8.60. The molecule has 126 valence electrons. The molecule has 0 saturated carbocycles. The maximum atomic E-state index is 12.7. The van der Waals surface area contributed by atoms with E-state index in [0.29, 0.717) is 0 Å². The number of amides is 1. The Morgan fingerprint density at radius 3 is 2.27 bits per heavy atom. The lowest BCUT2D eigenvalue weighted by Gasteiger charge is -2.42. The molecule has 0 radical (unpaired) electrons. The first kappa shape index (κ1) is 18.6. The van der Waals surface area contributed by atoms with E-state index in [0.717, 1.165) is 11.8 Å². The van der Waals surface area contributed by atoms with E-state index in [1.54, 1.807) is 19.1 Å². The van der Waals surface area contributed by atoms with Crippen LogP contribution in [0.2, 0.25) is 0 Å². The molecular weight excluding hydrogens is 321 g/mol. The molecule has 9 heteroatoms. The van der Waals surface area contributed by atoms with Gasteiger partial charge in [0.2, 0.25) is 5.91 Å². The van der Waals surface area contributed by atoms with Crippen LogP contribution in [-0.2, 0) is 14.3 Å². The molecule has 1 unspecified atom stereocenters. The van der Waals surface area contributed by atoms with Crippen molar-refractivity contribution in [3.05, 3.63) is 29.8 Å². The Bertz CT molecular complexity index is 608. The first-order valence-corrected chi connectivity index (χ1v) is 8.72. The van der Waals surface area contributed by atoms with E-state index >= 15 is 0 Å². The van der Waals surface area contributed by atoms with Gasteiger partial charge in [0.05, 0.1) is 4.90 Å². The number of nitrogens with one attached hydrogen (secondary N) is 1. The highest BCUT2D eigenvalue weighted by Gasteiger charge is 2.34. The molecule has 0 heterocycles. The van der Waals surface area contributed by atoms with Crippen LogP contribution in [0.1, 0.15) is 18.4 Å². The molecule has 0 aliphatic carbocycles. The van der Waals surface area contributed by atoms with Crippen LogP contribution < -0.4 is 10.5 Å². The third kappa shape index (κ3) is 5.39. The Morgan fingerprint density at radius 1 is 1.36 bits per heavy atom. The average Bonchev–Trinajstić information content (AvgIpc) is 2.33. The highest BCUT2D eigenvalue weighted by molar-refractivity contribution is 8.12. The van der Waals surface area contributed by atoms with Crippen molar-refractivity contribution in [2.75, 3.05) is 6.26 Å². The maximum absolute atomic E-state index is 12.7. The molecule has 4 N–H and O–H groups in total. The number of carbonyl (C=O) groups is 1. The van der Waals surface area contributed by atoms with Crippen molar-refractivity contribution >= 4 is 15.4 Å². The van der Waals surface area contributed by atoms with Crippen molar-refractivity contribution in [3.63, 3.8) is 0 Å². The zero-order chi connectivity index (χ0) is 17.2. The van der Waals surface area contributed by atoms with Gasteiger partial charge < -0.3 is 5.73 Å². The summed E-state index contributed by atoms with van der Waals surface area (Å²) in [4.78, 5) is 11.3. The summed E-state index contributed by atoms with van der Waals surface area (Å²) in [7, 11) is -4.70. The predicted octanol–water partition coefficient (Wildman–Crippen LogP) is 1.98. The van der Waals surface area contributed by atoms with Crippen molar-refractivity contribution in [1.29, 1.82) is 0 Å². The minimum Gasteiger partial charge on any atom is -0.368 e. The van der Waals surface area contributed by atoms with Crippen molar-refractivity contribution in [1.82, 2.24) is 4.72 Å². The van der Waals surface area contributed by atoms with Gasteiger partial charge in [0.1, 0.15) is 6.04 Å². The van der Waals surface area contributed by atoms with Crippen LogP contribution in [0.5, 0.6) is 0 Å². The van der Waals surface area contributed by atoms with E-state index in [2.05, 4.69) is 4.72 Å². The number of benzene rings is 1. The van der Waals surface area contributed by atoms with Crippen LogP contribution in [0.4, 0.5) is 13.2 Å². The SMILES string of the molecule is Cc1ccc(S(C)(=O)(O)NC(CCC(F)(F)F)C(N)=O)cc1. The summed E-state index contributed by atoms with van der Waals surface area (Å²) in [5.41, 5.74) is 5.88. The van der Waals surface area contributed by atoms with Gasteiger partial charge in [-0.25, -0.2) is 4.72 Å². The van der Waals surface area contributed by atoms with E-state index < -0.39 is 40.5 Å². The number of hydrogen-bond donors (Lipinski definition) is 3. The first-order valence-electron chi connectivity index (χ1n) is 6.39. The van der Waals surface area contributed by atoms with Gasteiger partial charge in [0, 0.05) is 12.7 Å². The summed E-state index contributed by atoms with van der Waals surface area (Å²) in [6, 6.07) is 4.34. The van der Waals surface area contributed by atoms with E-state index in [1.807, 2.05) is 0 Å². The van der Waals surface area contributed by atoms with Crippen LogP contribution in [0.3, 0.4) is 0 Å². The Morgan fingerprint density at radius 2 is 1.86 bits per heavy atom. The minimum absolute atomic E-state index is 0.0270. The number of primary amides is 1. The van der Waals surface area contributed by atoms with Crippen LogP contribution in [0.15, 0.2) is 29.2 Å². The van der Waals surface area contributed by atoms with Crippen LogP contribution in [0.25, 0.3) is 0 Å². The molecule has 0 aromatic heterocycles. The van der Waals surface area contributed by atoms with Gasteiger partial charge in [0.15, 0.2) is 0 Å². The molecule has 0 spiro atoms. The van der Waals surface area contributed by atoms with Crippen molar-refractivity contribution in [2.24, 2.45) is 5.73 Å². The van der Waals surface area contributed by atoms with Crippen molar-refractivity contribution < 1.29 is 26.7 Å². The number of alkyl halides is 3. The molecule has 0 aliphatic rings. The summed E-state index contributed by atoms with van der Waals surface area (Å²) >= 11 is 0. The molecule has 1 aromatic carbocycles. The van der Waals surface area contributed by atoms with E-state index in [1.165, 1.54) is 12.1 Å². The Kier molecular flexibility index (Phi) is 5.05. The quantitative estimate of drug-likeness (QED) is 0.739. The average molecular weight is 340 g/mol. The zero-order valence-electron chi connectivity index (χ0n) is 12.2. The molecule has 22 heavy (non-hydrogen) atoms. The van der Waals surface area contributed by atoms with Crippen LogP contribution in [0, 0.1) is 6.92 Å². The summed E-state index contributed by atoms with van der Waals surface area (Å²) in [6.07, 6.45) is -5.55. The van der Waals surface area contributed by atoms with E-state index in [4.69, 9.17) is 5.73 Å². The molecule has 0 aliphatic heterocycles. The first-order chi connectivity index (χ1) is 9.78. The van der Waals surface area contributed by atoms with Gasteiger partial charge in [-0.15, -0.1) is 9.53 Å². The van der Waals surface area contributed by atoms with Gasteiger partial charge >= 0.3 is 6.18 Å². The van der Waals surface area contributed by atoms with Crippen LogP contribution >= 0.6 is 0 Å². The van der Waals surface area contributed by atoms with Crippen molar-refractivity contribution in [2.45, 2.75) is 36.9 Å². The monoisotopic (exact) mass is 340 g/mol. The lowest BCUT2D eigenvalue weighted by atomic mass is 10.1. The third-order valence-corrected chi connectivity index (χ3v) is 5.28. The molecular formula is C13H19F3N2O3S. The molecule has 1 aromatic rings. The standard InChI is InChI=1S/C13H19F3N2O3S/c1-9-3-5-10(6-4-9)22(2,20,21)18-11(12(17)19)7-8-13(14,15)16/h3-6,11H,7-8H2,1-2H3,(H2,17,19)(H2,18,20,21). The fraction of sp³-hybridized carbons (Fsp3) is 0.462. The second kappa shape index (κ2) is 5.98. The van der Waals surface area contributed by atoms with Crippen LogP contribution in [-0.4, -0.2) is 33.1 Å². The number of carbonyl (C=O) groups excluding carboxylic acids is 1. The van der Waals surface area contributed by atoms with Gasteiger partial charge in [-0.2, -0.15) is 17.4 Å². The van der Waals surface area contributed by atoms with Gasteiger partial charge in [0.25, 0.3) is 0 Å². The molecule has 0 bridgehead atoms. The smallest absolute Gasteiger partial charge is 0.368 e. The fourth-order valence-corrected chi connectivity index (χ4v) is 3.65. The minimum atomic E-state index is -4.70. The molecule has 0 fully saturated rings. The fourth-order valence-electron chi connectivity index (χ4n) is 1.83. The number of halogens is 3. The highest BCUT2D eigenvalue weighted by atomic mass is 32.3. The van der Waals surface area contributed by atoms with E-state index in [-0.39, 0.29) is 4.90 Å². The molecule has 0 saturated heterocycles. The second-order valence-electron chi connectivity index (χ2n) is 5.32. The Labute approximate surface area is 126 Å². The summed E-state index contributed by atoms with van der Waals surface area (Å²) in [5, 5.41) is 0. The lowest BCUT2D eigenvalue weighted by molar-refractivity contribution is -0.138.